The van der Waals surface area contributed by atoms with Crippen molar-refractivity contribution in [2.24, 2.45) is 0 Å². The smallest absolute Gasteiger partial charge is 0.215 e. The fourth-order valence-corrected chi connectivity index (χ4v) is 1.80. The van der Waals surface area contributed by atoms with E-state index in [9.17, 15) is 0 Å². The zero-order valence-corrected chi connectivity index (χ0v) is 10.3. The number of rotatable bonds is 5. The molecule has 0 radical (unpaired) electrons. The van der Waals surface area contributed by atoms with Gasteiger partial charge in [-0.05, 0) is 12.5 Å². The number of hydrogen-bond donors (Lipinski definition) is 1. The standard InChI is InChI=1S/C13H20N2O2/c1-2-8-14-12-4-3-5-13(15-12)17-11-6-9-16-10-7-11/h3-5,11H,2,6-10H2,1H3,(H,14,15). The molecule has 0 aromatic carbocycles. The predicted molar refractivity (Wildman–Crippen MR) is 67.5 cm³/mol. The zero-order valence-electron chi connectivity index (χ0n) is 10.3. The van der Waals surface area contributed by atoms with Crippen LogP contribution < -0.4 is 10.1 Å². The monoisotopic (exact) mass is 236 g/mol. The molecule has 0 amide bonds. The molecular weight excluding hydrogens is 216 g/mol. The van der Waals surface area contributed by atoms with Crippen LogP contribution in [0.1, 0.15) is 26.2 Å². The molecule has 1 aliphatic heterocycles. The molecule has 1 aromatic heterocycles. The van der Waals surface area contributed by atoms with Gasteiger partial charge in [-0.2, -0.15) is 4.98 Å². The molecule has 0 atom stereocenters. The second-order valence-electron chi connectivity index (χ2n) is 4.22. The Morgan fingerprint density at radius 2 is 2.24 bits per heavy atom. The summed E-state index contributed by atoms with van der Waals surface area (Å²) in [5.41, 5.74) is 0. The van der Waals surface area contributed by atoms with Crippen molar-refractivity contribution in [2.45, 2.75) is 32.3 Å². The highest BCUT2D eigenvalue weighted by atomic mass is 16.5. The average Bonchev–Trinajstić information content (AvgIpc) is 2.38. The van der Waals surface area contributed by atoms with E-state index < -0.39 is 0 Å². The van der Waals surface area contributed by atoms with Gasteiger partial charge < -0.3 is 14.8 Å². The number of nitrogens with one attached hydrogen (secondary N) is 1. The lowest BCUT2D eigenvalue weighted by Gasteiger charge is -2.22. The van der Waals surface area contributed by atoms with Crippen molar-refractivity contribution in [3.8, 4) is 5.88 Å². The van der Waals surface area contributed by atoms with Crippen LogP contribution in [0.3, 0.4) is 0 Å². The van der Waals surface area contributed by atoms with Gasteiger partial charge in [-0.25, -0.2) is 0 Å². The van der Waals surface area contributed by atoms with Gasteiger partial charge in [-0.1, -0.05) is 13.0 Å². The van der Waals surface area contributed by atoms with Crippen LogP contribution in [0, 0.1) is 0 Å². The summed E-state index contributed by atoms with van der Waals surface area (Å²) in [7, 11) is 0. The molecule has 2 heterocycles. The van der Waals surface area contributed by atoms with E-state index in [4.69, 9.17) is 9.47 Å². The number of hydrogen-bond acceptors (Lipinski definition) is 4. The maximum absolute atomic E-state index is 5.84. The average molecular weight is 236 g/mol. The van der Waals surface area contributed by atoms with E-state index in [0.29, 0.717) is 5.88 Å². The minimum atomic E-state index is 0.248. The molecular formula is C13H20N2O2. The first-order chi connectivity index (χ1) is 8.38. The van der Waals surface area contributed by atoms with Crippen molar-refractivity contribution in [1.29, 1.82) is 0 Å². The van der Waals surface area contributed by atoms with Crippen LogP contribution in [0.15, 0.2) is 18.2 Å². The maximum Gasteiger partial charge on any atom is 0.215 e. The quantitative estimate of drug-likeness (QED) is 0.853. The molecule has 1 N–H and O–H groups in total. The molecule has 94 valence electrons. The van der Waals surface area contributed by atoms with Crippen molar-refractivity contribution in [3.05, 3.63) is 18.2 Å². The van der Waals surface area contributed by atoms with Crippen molar-refractivity contribution in [3.63, 3.8) is 0 Å². The largest absolute Gasteiger partial charge is 0.474 e. The second kappa shape index (κ2) is 6.45. The van der Waals surface area contributed by atoms with Crippen LogP contribution in [0.25, 0.3) is 0 Å². The van der Waals surface area contributed by atoms with Gasteiger partial charge in [0.1, 0.15) is 11.9 Å². The van der Waals surface area contributed by atoms with Crippen LogP contribution >= 0.6 is 0 Å². The van der Waals surface area contributed by atoms with Crippen molar-refractivity contribution < 1.29 is 9.47 Å². The fourth-order valence-electron chi connectivity index (χ4n) is 1.80. The van der Waals surface area contributed by atoms with Gasteiger partial charge in [0.25, 0.3) is 0 Å². The summed E-state index contributed by atoms with van der Waals surface area (Å²) in [6.07, 6.45) is 3.24. The van der Waals surface area contributed by atoms with Crippen molar-refractivity contribution >= 4 is 5.82 Å². The third-order valence-electron chi connectivity index (χ3n) is 2.74. The Bertz CT molecular complexity index is 338. The molecule has 0 spiro atoms. The van der Waals surface area contributed by atoms with Crippen molar-refractivity contribution in [2.75, 3.05) is 25.1 Å². The minimum absolute atomic E-state index is 0.248. The molecule has 0 unspecified atom stereocenters. The summed E-state index contributed by atoms with van der Waals surface area (Å²) in [5, 5.41) is 3.26. The predicted octanol–water partition coefficient (Wildman–Crippen LogP) is 2.46. The van der Waals surface area contributed by atoms with Gasteiger partial charge in [0.15, 0.2) is 0 Å². The highest BCUT2D eigenvalue weighted by molar-refractivity contribution is 5.36. The molecule has 1 aliphatic rings. The summed E-state index contributed by atoms with van der Waals surface area (Å²) in [4.78, 5) is 4.43. The summed E-state index contributed by atoms with van der Waals surface area (Å²) in [6, 6.07) is 5.85. The fraction of sp³-hybridized carbons (Fsp3) is 0.615. The molecule has 1 fully saturated rings. The van der Waals surface area contributed by atoms with Crippen LogP contribution in [0.2, 0.25) is 0 Å². The van der Waals surface area contributed by atoms with E-state index in [2.05, 4.69) is 17.2 Å². The van der Waals surface area contributed by atoms with Gasteiger partial charge >= 0.3 is 0 Å². The Hall–Kier alpha value is -1.29. The van der Waals surface area contributed by atoms with Crippen LogP contribution in [-0.2, 0) is 4.74 Å². The Morgan fingerprint density at radius 1 is 1.41 bits per heavy atom. The number of ether oxygens (including phenoxy) is 2. The zero-order chi connectivity index (χ0) is 11.9. The van der Waals surface area contributed by atoms with Gasteiger partial charge in [-0.15, -0.1) is 0 Å². The van der Waals surface area contributed by atoms with E-state index in [-0.39, 0.29) is 6.10 Å². The maximum atomic E-state index is 5.84. The number of aromatic nitrogens is 1. The number of nitrogens with zero attached hydrogens (tertiary/aromatic N) is 1. The molecule has 1 aromatic rings. The lowest BCUT2D eigenvalue weighted by molar-refractivity contribution is 0.0238. The minimum Gasteiger partial charge on any atom is -0.474 e. The molecule has 17 heavy (non-hydrogen) atoms. The van der Waals surface area contributed by atoms with Gasteiger partial charge in [0, 0.05) is 25.5 Å². The third kappa shape index (κ3) is 3.89. The Balaban J connectivity index is 1.90. The summed E-state index contributed by atoms with van der Waals surface area (Å²) in [6.45, 7) is 4.65. The van der Waals surface area contributed by atoms with E-state index in [0.717, 1.165) is 44.8 Å². The first kappa shape index (κ1) is 12.2. The number of anilines is 1. The van der Waals surface area contributed by atoms with Crippen molar-refractivity contribution in [1.82, 2.24) is 4.98 Å². The lowest BCUT2D eigenvalue weighted by Crippen LogP contribution is -2.26. The summed E-state index contributed by atoms with van der Waals surface area (Å²) in [5.74, 6) is 1.59. The molecule has 4 heteroatoms. The van der Waals surface area contributed by atoms with Gasteiger partial charge in [0.2, 0.25) is 5.88 Å². The molecule has 4 nitrogen and oxygen atoms in total. The van der Waals surface area contributed by atoms with Gasteiger partial charge in [-0.3, -0.25) is 0 Å². The third-order valence-corrected chi connectivity index (χ3v) is 2.74. The first-order valence-electron chi connectivity index (χ1n) is 6.34. The van der Waals surface area contributed by atoms with Gasteiger partial charge in [0.05, 0.1) is 13.2 Å². The molecule has 0 aliphatic carbocycles. The summed E-state index contributed by atoms with van der Waals surface area (Å²) >= 11 is 0. The second-order valence-corrected chi connectivity index (χ2v) is 4.22. The molecule has 1 saturated heterocycles. The highest BCUT2D eigenvalue weighted by Gasteiger charge is 2.15. The Morgan fingerprint density at radius 3 is 3.00 bits per heavy atom. The molecule has 0 saturated carbocycles. The Kier molecular flexibility index (Phi) is 4.62. The lowest BCUT2D eigenvalue weighted by atomic mass is 10.1. The first-order valence-corrected chi connectivity index (χ1v) is 6.34. The Labute approximate surface area is 102 Å². The van der Waals surface area contributed by atoms with E-state index >= 15 is 0 Å². The highest BCUT2D eigenvalue weighted by Crippen LogP contribution is 2.17. The normalized spacial score (nSPS) is 16.8. The van der Waals surface area contributed by atoms with Crippen LogP contribution in [0.4, 0.5) is 5.82 Å². The SMILES string of the molecule is CCCNc1cccc(OC2CCOCC2)n1. The van der Waals surface area contributed by atoms with E-state index in [1.165, 1.54) is 0 Å². The van der Waals surface area contributed by atoms with E-state index in [1.54, 1.807) is 0 Å². The topological polar surface area (TPSA) is 43.4 Å². The number of pyridine rings is 1. The van der Waals surface area contributed by atoms with Crippen LogP contribution in [-0.4, -0.2) is 30.8 Å². The molecule has 0 bridgehead atoms. The molecule has 2 rings (SSSR count). The summed E-state index contributed by atoms with van der Waals surface area (Å²) < 4.78 is 11.1. The van der Waals surface area contributed by atoms with E-state index in [1.807, 2.05) is 18.2 Å². The van der Waals surface area contributed by atoms with Crippen LogP contribution in [0.5, 0.6) is 5.88 Å².